The van der Waals surface area contributed by atoms with E-state index in [1.165, 1.54) is 6.20 Å². The Hall–Kier alpha value is -3.87. The van der Waals surface area contributed by atoms with Crippen LogP contribution in [-0.2, 0) is 12.8 Å². The molecule has 166 valence electrons. The summed E-state index contributed by atoms with van der Waals surface area (Å²) in [5, 5.41) is 5.71. The monoisotopic (exact) mass is 433 g/mol. The smallest absolute Gasteiger partial charge is 0.269 e. The van der Waals surface area contributed by atoms with Gasteiger partial charge in [0.15, 0.2) is 0 Å². The third-order valence-corrected chi connectivity index (χ3v) is 4.93. The highest BCUT2D eigenvalue weighted by Gasteiger charge is 2.10. The van der Waals surface area contributed by atoms with Gasteiger partial charge in [0.05, 0.1) is 19.8 Å². The fourth-order valence-corrected chi connectivity index (χ4v) is 3.15. The summed E-state index contributed by atoms with van der Waals surface area (Å²) in [6.07, 6.45) is 2.78. The van der Waals surface area contributed by atoms with E-state index in [2.05, 4.69) is 15.6 Å². The highest BCUT2D eigenvalue weighted by atomic mass is 16.5. The molecule has 32 heavy (non-hydrogen) atoms. The summed E-state index contributed by atoms with van der Waals surface area (Å²) in [4.78, 5) is 28.8. The Balaban J connectivity index is 1.44. The molecule has 7 nitrogen and oxygen atoms in total. The number of amides is 2. The lowest BCUT2D eigenvalue weighted by Gasteiger charge is -2.08. The maximum absolute atomic E-state index is 12.3. The van der Waals surface area contributed by atoms with Gasteiger partial charge in [-0.25, -0.2) is 0 Å². The van der Waals surface area contributed by atoms with Gasteiger partial charge in [-0.3, -0.25) is 14.6 Å². The third-order valence-electron chi connectivity index (χ3n) is 4.93. The lowest BCUT2D eigenvalue weighted by Crippen LogP contribution is -2.28. The van der Waals surface area contributed by atoms with Crippen LogP contribution in [0, 0.1) is 0 Å². The first kappa shape index (κ1) is 22.8. The van der Waals surface area contributed by atoms with E-state index in [4.69, 9.17) is 9.47 Å². The SMILES string of the molecule is COc1cccc(CCNC(=O)c2ccc(C(=O)NCCc3cccc(OC)c3)nc2)c1. The van der Waals surface area contributed by atoms with Crippen molar-refractivity contribution < 1.29 is 19.1 Å². The number of hydrogen-bond donors (Lipinski definition) is 2. The van der Waals surface area contributed by atoms with Gasteiger partial charge in [-0.15, -0.1) is 0 Å². The molecular weight excluding hydrogens is 406 g/mol. The van der Waals surface area contributed by atoms with Gasteiger partial charge in [0.1, 0.15) is 17.2 Å². The number of pyridine rings is 1. The number of hydrogen-bond acceptors (Lipinski definition) is 5. The molecule has 0 saturated heterocycles. The summed E-state index contributed by atoms with van der Waals surface area (Å²) >= 11 is 0. The quantitative estimate of drug-likeness (QED) is 0.513. The zero-order valence-electron chi connectivity index (χ0n) is 18.3. The Bertz CT molecular complexity index is 967. The molecule has 1 aromatic heterocycles. The molecule has 2 amide bonds. The van der Waals surface area contributed by atoms with Crippen molar-refractivity contribution in [1.29, 1.82) is 0 Å². The number of carbonyl (C=O) groups is 2. The Labute approximate surface area is 187 Å². The van der Waals surface area contributed by atoms with Gasteiger partial charge in [0.2, 0.25) is 0 Å². The minimum atomic E-state index is -0.280. The molecule has 0 fully saturated rings. The number of rotatable bonds is 10. The molecule has 0 saturated carbocycles. The third kappa shape index (κ3) is 6.57. The second-order valence-corrected chi connectivity index (χ2v) is 7.15. The van der Waals surface area contributed by atoms with Crippen LogP contribution in [0.3, 0.4) is 0 Å². The molecule has 2 N–H and O–H groups in total. The zero-order chi connectivity index (χ0) is 22.8. The van der Waals surface area contributed by atoms with Crippen molar-refractivity contribution in [2.45, 2.75) is 12.8 Å². The standard InChI is InChI=1S/C25H27N3O4/c1-31-21-7-3-5-18(15-21)11-13-26-24(29)20-9-10-23(28-17-20)25(30)27-14-12-19-6-4-8-22(16-19)32-2/h3-10,15-17H,11-14H2,1-2H3,(H,26,29)(H,27,30). The molecule has 0 atom stereocenters. The first-order valence-corrected chi connectivity index (χ1v) is 10.4. The van der Waals surface area contributed by atoms with Gasteiger partial charge in [-0.1, -0.05) is 24.3 Å². The van der Waals surface area contributed by atoms with Gasteiger partial charge in [0, 0.05) is 19.3 Å². The van der Waals surface area contributed by atoms with Crippen LogP contribution in [0.1, 0.15) is 32.0 Å². The Kier molecular flexibility index (Phi) is 8.20. The van der Waals surface area contributed by atoms with E-state index >= 15 is 0 Å². The highest BCUT2D eigenvalue weighted by molar-refractivity contribution is 5.96. The van der Waals surface area contributed by atoms with Crippen molar-refractivity contribution >= 4 is 11.8 Å². The molecule has 0 aliphatic heterocycles. The lowest BCUT2D eigenvalue weighted by atomic mass is 10.1. The van der Waals surface area contributed by atoms with E-state index in [1.54, 1.807) is 26.4 Å². The Morgan fingerprint density at radius 1 is 0.781 bits per heavy atom. The van der Waals surface area contributed by atoms with Crippen LogP contribution in [0.2, 0.25) is 0 Å². The van der Waals surface area contributed by atoms with Crippen LogP contribution in [-0.4, -0.2) is 44.1 Å². The second-order valence-electron chi connectivity index (χ2n) is 7.15. The highest BCUT2D eigenvalue weighted by Crippen LogP contribution is 2.13. The zero-order valence-corrected chi connectivity index (χ0v) is 18.3. The maximum Gasteiger partial charge on any atom is 0.269 e. The minimum absolute atomic E-state index is 0.231. The molecule has 0 aliphatic rings. The van der Waals surface area contributed by atoms with Crippen molar-refractivity contribution in [1.82, 2.24) is 15.6 Å². The number of carbonyl (C=O) groups excluding carboxylic acids is 2. The number of aromatic nitrogens is 1. The van der Waals surface area contributed by atoms with Crippen LogP contribution in [0.4, 0.5) is 0 Å². The number of benzene rings is 2. The summed E-state index contributed by atoms with van der Waals surface area (Å²) in [5.41, 5.74) is 2.81. The molecule has 0 spiro atoms. The number of nitrogens with zero attached hydrogens (tertiary/aromatic N) is 1. The van der Waals surface area contributed by atoms with Crippen LogP contribution in [0.5, 0.6) is 11.5 Å². The van der Waals surface area contributed by atoms with Crippen molar-refractivity contribution in [3.05, 3.63) is 89.2 Å². The van der Waals surface area contributed by atoms with Crippen LogP contribution < -0.4 is 20.1 Å². The summed E-state index contributed by atoms with van der Waals surface area (Å²) in [7, 11) is 3.25. The summed E-state index contributed by atoms with van der Waals surface area (Å²) < 4.78 is 10.4. The van der Waals surface area contributed by atoms with E-state index in [-0.39, 0.29) is 17.5 Å². The average Bonchev–Trinajstić information content (AvgIpc) is 2.84. The molecule has 1 heterocycles. The normalized spacial score (nSPS) is 10.3. The second kappa shape index (κ2) is 11.5. The van der Waals surface area contributed by atoms with Crippen LogP contribution >= 0.6 is 0 Å². The van der Waals surface area contributed by atoms with Crippen LogP contribution in [0.25, 0.3) is 0 Å². The van der Waals surface area contributed by atoms with Gasteiger partial charge in [-0.2, -0.15) is 0 Å². The molecule has 3 rings (SSSR count). The van der Waals surface area contributed by atoms with E-state index in [9.17, 15) is 9.59 Å². The first-order chi connectivity index (χ1) is 15.6. The van der Waals surface area contributed by atoms with E-state index in [0.29, 0.717) is 31.5 Å². The molecule has 0 radical (unpaired) electrons. The van der Waals surface area contributed by atoms with Crippen LogP contribution in [0.15, 0.2) is 66.9 Å². The van der Waals surface area contributed by atoms with Crippen molar-refractivity contribution in [2.75, 3.05) is 27.3 Å². The van der Waals surface area contributed by atoms with E-state index in [1.807, 2.05) is 48.5 Å². The van der Waals surface area contributed by atoms with Crippen molar-refractivity contribution in [3.8, 4) is 11.5 Å². The predicted octanol–water partition coefficient (Wildman–Crippen LogP) is 3.04. The molecule has 0 bridgehead atoms. The first-order valence-electron chi connectivity index (χ1n) is 10.4. The van der Waals surface area contributed by atoms with Crippen molar-refractivity contribution in [3.63, 3.8) is 0 Å². The van der Waals surface area contributed by atoms with Crippen molar-refractivity contribution in [2.24, 2.45) is 0 Å². The molecule has 0 aliphatic carbocycles. The van der Waals surface area contributed by atoms with Gasteiger partial charge < -0.3 is 20.1 Å². The topological polar surface area (TPSA) is 89.5 Å². The summed E-state index contributed by atoms with van der Waals surface area (Å²) in [5.74, 6) is 1.06. The number of ether oxygens (including phenoxy) is 2. The minimum Gasteiger partial charge on any atom is -0.497 e. The average molecular weight is 434 g/mol. The van der Waals surface area contributed by atoms with E-state index < -0.39 is 0 Å². The molecule has 3 aromatic rings. The molecule has 7 heteroatoms. The maximum atomic E-state index is 12.3. The fraction of sp³-hybridized carbons (Fsp3) is 0.240. The Morgan fingerprint density at radius 3 is 1.84 bits per heavy atom. The van der Waals surface area contributed by atoms with Gasteiger partial charge in [0.25, 0.3) is 11.8 Å². The molecule has 2 aromatic carbocycles. The molecular formula is C25H27N3O4. The lowest BCUT2D eigenvalue weighted by molar-refractivity contribution is 0.0938. The number of nitrogens with one attached hydrogen (secondary N) is 2. The predicted molar refractivity (Wildman–Crippen MR) is 122 cm³/mol. The largest absolute Gasteiger partial charge is 0.497 e. The van der Waals surface area contributed by atoms with Gasteiger partial charge >= 0.3 is 0 Å². The van der Waals surface area contributed by atoms with Gasteiger partial charge in [-0.05, 0) is 60.4 Å². The number of methoxy groups -OCH3 is 2. The Morgan fingerprint density at radius 2 is 1.34 bits per heavy atom. The fourth-order valence-electron chi connectivity index (χ4n) is 3.15. The summed E-state index contributed by atoms with van der Waals surface area (Å²) in [6, 6.07) is 18.6. The van der Waals surface area contributed by atoms with E-state index in [0.717, 1.165) is 22.6 Å². The summed E-state index contributed by atoms with van der Waals surface area (Å²) in [6.45, 7) is 0.957. The molecule has 0 unspecified atom stereocenters.